The Morgan fingerprint density at radius 3 is 1.36 bits per heavy atom. The molecule has 3 aliphatic heterocycles. The number of hydrogen-bond donors (Lipinski definition) is 8. The van der Waals surface area contributed by atoms with Crippen LogP contribution in [0.25, 0.3) is 67.3 Å². The van der Waals surface area contributed by atoms with Crippen molar-refractivity contribution in [2.24, 2.45) is 29.2 Å². The summed E-state index contributed by atoms with van der Waals surface area (Å²) < 4.78 is 43.4. The average Bonchev–Trinajstić information content (AvgIpc) is 4.37. The highest BCUT2D eigenvalue weighted by Gasteiger charge is 2.35. The molecule has 20 nitrogen and oxygen atoms in total. The number of aromatic nitrogens is 12. The molecular formula is C54H82F3N17O3. The van der Waals surface area contributed by atoms with Crippen molar-refractivity contribution in [2.45, 2.75) is 63.8 Å². The molecule has 5 atom stereocenters. The predicted octanol–water partition coefficient (Wildman–Crippen LogP) is 8.61. The molecule has 3 saturated heterocycles. The van der Waals surface area contributed by atoms with Gasteiger partial charge in [0.1, 0.15) is 34.5 Å². The highest BCUT2D eigenvalue weighted by Crippen LogP contribution is 2.35. The van der Waals surface area contributed by atoms with Crippen LogP contribution in [0.1, 0.15) is 60.2 Å². The molecule has 10 N–H and O–H groups in total. The normalized spacial score (nSPS) is 20.8. The molecule has 12 heterocycles. The third kappa shape index (κ3) is 11.4. The quantitative estimate of drug-likeness (QED) is 0.0636. The van der Waals surface area contributed by atoms with Gasteiger partial charge in [-0.1, -0.05) is 13.8 Å². The number of halogens is 3. The molecule has 5 unspecified atom stereocenters. The number of nitrogens with two attached hydrogens (primary N) is 2. The minimum atomic E-state index is -0.729. The number of nitrogens with one attached hydrogen (secondary N) is 3. The molecule has 0 aliphatic carbocycles. The fraction of sp³-hybridized carbons (Fsp3) is 0.389. The lowest BCUT2D eigenvalue weighted by Gasteiger charge is -2.40. The van der Waals surface area contributed by atoms with Gasteiger partial charge in [-0.25, -0.2) is 43.1 Å². The van der Waals surface area contributed by atoms with Crippen molar-refractivity contribution in [2.75, 3.05) is 67.1 Å². The molecule has 422 valence electrons. The largest absolute Gasteiger partial charge is 0.393 e. The average molecular weight is 1070 g/mol. The van der Waals surface area contributed by atoms with E-state index < -0.39 is 35.3 Å². The first-order valence-corrected chi connectivity index (χ1v) is 25.9. The Bertz CT molecular complexity index is 3360. The maximum Gasteiger partial charge on any atom is 0.181 e. The molecule has 9 aromatic rings. The van der Waals surface area contributed by atoms with E-state index in [0.29, 0.717) is 116 Å². The van der Waals surface area contributed by atoms with Crippen molar-refractivity contribution < 1.29 is 42.8 Å². The van der Waals surface area contributed by atoms with Crippen LogP contribution < -0.4 is 26.2 Å². The Labute approximate surface area is 456 Å². The molecule has 0 aromatic carbocycles. The van der Waals surface area contributed by atoms with Crippen LogP contribution in [0, 0.1) is 35.2 Å². The van der Waals surface area contributed by atoms with Gasteiger partial charge in [-0.05, 0) is 124 Å². The van der Waals surface area contributed by atoms with Crippen LogP contribution in [0.4, 0.5) is 30.6 Å². The second kappa shape index (κ2) is 22.9. The van der Waals surface area contributed by atoms with Crippen LogP contribution >= 0.6 is 0 Å². The summed E-state index contributed by atoms with van der Waals surface area (Å²) in [7, 11) is 0. The zero-order valence-corrected chi connectivity index (χ0v) is 42.7. The first-order chi connectivity index (χ1) is 37.3. The van der Waals surface area contributed by atoms with Crippen molar-refractivity contribution in [3.63, 3.8) is 0 Å². The number of piperidine rings is 3. The van der Waals surface area contributed by atoms with E-state index in [4.69, 9.17) is 11.5 Å². The Balaban J connectivity index is 0.00000121. The van der Waals surface area contributed by atoms with Gasteiger partial charge < -0.3 is 41.5 Å². The minimum absolute atomic E-state index is 0. The summed E-state index contributed by atoms with van der Waals surface area (Å²) in [6.07, 6.45) is 7.78. The molecule has 0 radical (unpaired) electrons. The third-order valence-electron chi connectivity index (χ3n) is 14.5. The Kier molecular flexibility index (Phi) is 15.7. The molecule has 0 amide bonds. The van der Waals surface area contributed by atoms with E-state index in [1.807, 2.05) is 32.9 Å². The number of nitrogens with zero attached hydrogens (tertiary/aromatic N) is 12. The van der Waals surface area contributed by atoms with Gasteiger partial charge in [0.05, 0.1) is 34.9 Å². The van der Waals surface area contributed by atoms with Crippen LogP contribution in [-0.4, -0.2) is 146 Å². The number of H-pyrrole nitrogens is 3. The Morgan fingerprint density at radius 2 is 0.987 bits per heavy atom. The summed E-state index contributed by atoms with van der Waals surface area (Å²) in [5.74, 6) is 1.11. The minimum Gasteiger partial charge on any atom is -0.393 e. The molecule has 3 aliphatic rings. The van der Waals surface area contributed by atoms with Crippen molar-refractivity contribution >= 4 is 50.6 Å². The Morgan fingerprint density at radius 1 is 0.597 bits per heavy atom. The van der Waals surface area contributed by atoms with E-state index in [-0.39, 0.29) is 43.2 Å². The van der Waals surface area contributed by atoms with Crippen molar-refractivity contribution in [3.8, 4) is 34.2 Å². The van der Waals surface area contributed by atoms with Crippen molar-refractivity contribution in [3.05, 3.63) is 109 Å². The second-order valence-corrected chi connectivity index (χ2v) is 20.4. The van der Waals surface area contributed by atoms with Crippen molar-refractivity contribution in [1.82, 2.24) is 60.5 Å². The summed E-state index contributed by atoms with van der Waals surface area (Å²) >= 11 is 0. The zero-order chi connectivity index (χ0) is 53.8. The molecule has 23 heteroatoms. The van der Waals surface area contributed by atoms with Crippen LogP contribution in [0.2, 0.25) is 0 Å². The smallest absolute Gasteiger partial charge is 0.181 e. The first-order valence-electron chi connectivity index (χ1n) is 25.9. The van der Waals surface area contributed by atoms with E-state index in [2.05, 4.69) is 74.3 Å². The van der Waals surface area contributed by atoms with Crippen LogP contribution in [0.3, 0.4) is 0 Å². The number of pyridine rings is 6. The summed E-state index contributed by atoms with van der Waals surface area (Å²) in [5, 5.41) is 54.0. The molecular weight excluding hydrogens is 992 g/mol. The van der Waals surface area contributed by atoms with Gasteiger partial charge in [0.25, 0.3) is 0 Å². The number of rotatable bonds is 10. The van der Waals surface area contributed by atoms with Crippen LogP contribution in [0.15, 0.2) is 91.4 Å². The number of aliphatic hydroxyl groups is 3. The SMILES string of the molecule is CC(C)CC1(O)CCCN(c2ccc(F)c(-c3[nH]nc4ncccc34)n2)C1.NCC1CN(c2ccc(F)c(-c3[nH]nc4ncccc34)n2)CCC1O.NCC1CN(c2ccc(F)c(-c3[nH]nc4ncccc34)n2)CCC1O.[HH].[HH].[HH].[HH].[HH].[HH].[HH].[HH].[HH].[HH]. The van der Waals surface area contributed by atoms with E-state index in [9.17, 15) is 28.5 Å². The molecule has 0 bridgehead atoms. The molecule has 12 rings (SSSR count). The number of β-amino-alcohol motifs (C(OH)–C–C–N with tert-alkyl or cyclic N) is 1. The van der Waals surface area contributed by atoms with Gasteiger partial charge >= 0.3 is 0 Å². The van der Waals surface area contributed by atoms with Crippen LogP contribution in [0.5, 0.6) is 0 Å². The molecule has 0 saturated carbocycles. The van der Waals surface area contributed by atoms with E-state index in [0.717, 1.165) is 42.0 Å². The van der Waals surface area contributed by atoms with Crippen LogP contribution in [-0.2, 0) is 0 Å². The lowest BCUT2D eigenvalue weighted by Crippen LogP contribution is -2.49. The predicted molar refractivity (Wildman–Crippen MR) is 309 cm³/mol. The zero-order valence-electron chi connectivity index (χ0n) is 42.7. The van der Waals surface area contributed by atoms with E-state index >= 15 is 0 Å². The van der Waals surface area contributed by atoms with Crippen molar-refractivity contribution in [1.29, 1.82) is 0 Å². The summed E-state index contributed by atoms with van der Waals surface area (Å²) in [5.41, 5.74) is 14.5. The molecule has 0 spiro atoms. The standard InChI is InChI=1S/C20H24FN5O.2C17H19FN6O.10H2/c1-13(2)11-20(27)8-4-10-26(12-20)16-7-6-15(21)18(23-16)17-14-5-3-9-22-19(14)25-24-17;2*18-12-3-4-14(24-7-5-13(25)10(8-19)9-24)21-16(12)15-11-2-1-6-20-17(11)23-22-15;;;;;;;;;;/h3,5-7,9,13,27H,4,8,10-12H2,1-2H3,(H,22,24,25);2*1-4,6,10,13,25H,5,7-9,19H2,(H,20,22,23);10*1H. The number of aromatic amines is 3. The number of hydrogen-bond acceptors (Lipinski definition) is 17. The highest BCUT2D eigenvalue weighted by atomic mass is 19.1. The first kappa shape index (κ1) is 52.7. The summed E-state index contributed by atoms with van der Waals surface area (Å²) in [4.78, 5) is 32.2. The van der Waals surface area contributed by atoms with Gasteiger partial charge in [0.2, 0.25) is 0 Å². The third-order valence-corrected chi connectivity index (χ3v) is 14.5. The molecule has 3 fully saturated rings. The monoisotopic (exact) mass is 1070 g/mol. The van der Waals surface area contributed by atoms with Gasteiger partial charge in [-0.2, -0.15) is 15.3 Å². The van der Waals surface area contributed by atoms with Gasteiger partial charge in [-0.3, -0.25) is 15.3 Å². The lowest BCUT2D eigenvalue weighted by atomic mass is 9.85. The summed E-state index contributed by atoms with van der Waals surface area (Å²) in [6.45, 7) is 8.85. The number of fused-ring (bicyclic) bond motifs is 3. The topological polar surface area (TPSA) is 286 Å². The Hall–Kier alpha value is -7.70. The summed E-state index contributed by atoms with van der Waals surface area (Å²) in [6, 6.07) is 20.1. The highest BCUT2D eigenvalue weighted by molar-refractivity contribution is 5.91. The molecule has 77 heavy (non-hydrogen) atoms. The van der Waals surface area contributed by atoms with Gasteiger partial charge in [0, 0.05) is 100 Å². The maximum absolute atomic E-state index is 14.6. The molecule has 9 aromatic heterocycles. The van der Waals surface area contributed by atoms with E-state index in [1.165, 1.54) is 18.2 Å². The number of aliphatic hydroxyl groups excluding tert-OH is 2. The second-order valence-electron chi connectivity index (χ2n) is 20.4. The maximum atomic E-state index is 14.6. The fourth-order valence-electron chi connectivity index (χ4n) is 10.6. The van der Waals surface area contributed by atoms with Gasteiger partial charge in [-0.15, -0.1) is 0 Å². The lowest BCUT2D eigenvalue weighted by molar-refractivity contribution is 0.00661. The number of anilines is 3. The fourth-order valence-corrected chi connectivity index (χ4v) is 10.6. The van der Waals surface area contributed by atoms with Gasteiger partial charge in [0.15, 0.2) is 34.4 Å². The van der Waals surface area contributed by atoms with E-state index in [1.54, 1.807) is 55.0 Å².